The van der Waals surface area contributed by atoms with Gasteiger partial charge in [0.1, 0.15) is 5.82 Å². The van der Waals surface area contributed by atoms with Gasteiger partial charge in [-0.1, -0.05) is 20.8 Å². The molecule has 0 amide bonds. The smallest absolute Gasteiger partial charge is 0.124 e. The van der Waals surface area contributed by atoms with Crippen LogP contribution in [0.25, 0.3) is 5.57 Å². The summed E-state index contributed by atoms with van der Waals surface area (Å²) in [7, 11) is 1.79. The zero-order valence-corrected chi connectivity index (χ0v) is 10.8. The molecule has 5 heteroatoms. The van der Waals surface area contributed by atoms with E-state index in [4.69, 9.17) is 11.1 Å². The molecule has 0 radical (unpaired) electrons. The van der Waals surface area contributed by atoms with Gasteiger partial charge in [-0.3, -0.25) is 0 Å². The topological polar surface area (TPSA) is 90.6 Å². The summed E-state index contributed by atoms with van der Waals surface area (Å²) in [5.74, 6) is 0.747. The average molecular weight is 235 g/mol. The van der Waals surface area contributed by atoms with Crippen LogP contribution < -0.4 is 11.1 Å². The highest BCUT2D eigenvalue weighted by Gasteiger charge is 2.24. The van der Waals surface area contributed by atoms with Gasteiger partial charge < -0.3 is 21.4 Å². The molecule has 1 atom stereocenters. The number of hydrogen-bond donors (Lipinski definition) is 4. The molecule has 1 aromatic rings. The van der Waals surface area contributed by atoms with E-state index in [2.05, 4.69) is 36.1 Å². The van der Waals surface area contributed by atoms with E-state index in [1.807, 2.05) is 0 Å². The van der Waals surface area contributed by atoms with E-state index in [1.165, 1.54) is 6.21 Å². The van der Waals surface area contributed by atoms with Crippen LogP contribution in [0, 0.1) is 10.8 Å². The molecule has 17 heavy (non-hydrogen) atoms. The summed E-state index contributed by atoms with van der Waals surface area (Å²) in [4.78, 5) is 7.44. The fourth-order valence-corrected chi connectivity index (χ4v) is 1.40. The van der Waals surface area contributed by atoms with Crippen LogP contribution in [0.15, 0.2) is 12.4 Å². The first kappa shape index (κ1) is 13.4. The van der Waals surface area contributed by atoms with Crippen LogP contribution >= 0.6 is 0 Å². The number of rotatable bonds is 4. The maximum absolute atomic E-state index is 7.33. The minimum atomic E-state index is -0.155. The van der Waals surface area contributed by atoms with Gasteiger partial charge >= 0.3 is 0 Å². The molecule has 0 aliphatic rings. The Morgan fingerprint density at radius 2 is 2.24 bits per heavy atom. The number of H-pyrrole nitrogens is 1. The Morgan fingerprint density at radius 1 is 1.59 bits per heavy atom. The SMILES string of the molecule is CN/C=C(\C=N)c1cnc([C@@H](N)C(C)(C)C)[nH]1. The number of nitrogens with one attached hydrogen (secondary N) is 3. The predicted molar refractivity (Wildman–Crippen MR) is 70.8 cm³/mol. The molecule has 0 bridgehead atoms. The minimum Gasteiger partial charge on any atom is -0.393 e. The Labute approximate surface area is 102 Å². The molecule has 0 aliphatic carbocycles. The third-order valence-electron chi connectivity index (χ3n) is 2.59. The summed E-state index contributed by atoms with van der Waals surface area (Å²) in [6.45, 7) is 6.21. The van der Waals surface area contributed by atoms with E-state index in [1.54, 1.807) is 19.4 Å². The fraction of sp³-hybridized carbons (Fsp3) is 0.500. The number of allylic oxidation sites excluding steroid dienone is 1. The second-order valence-corrected chi connectivity index (χ2v) is 5.06. The summed E-state index contributed by atoms with van der Waals surface area (Å²) in [5.41, 5.74) is 7.60. The molecule has 0 aliphatic heterocycles. The molecule has 0 unspecified atom stereocenters. The standard InChI is InChI=1S/C12H21N5/c1-12(2,3)10(14)11-16-7-9(17-11)8(5-13)6-15-4/h5-7,10,13,15H,14H2,1-4H3,(H,16,17)/b8-6+,13-5?/t10-/m1/s1. The molecule has 0 spiro atoms. The van der Waals surface area contributed by atoms with Crippen molar-refractivity contribution in [3.8, 4) is 0 Å². The molecule has 5 nitrogen and oxygen atoms in total. The first-order valence-electron chi connectivity index (χ1n) is 5.59. The van der Waals surface area contributed by atoms with Crippen LogP contribution in [0.5, 0.6) is 0 Å². The third-order valence-corrected chi connectivity index (χ3v) is 2.59. The lowest BCUT2D eigenvalue weighted by atomic mass is 9.87. The van der Waals surface area contributed by atoms with E-state index >= 15 is 0 Å². The zero-order chi connectivity index (χ0) is 13.1. The molecule has 1 rings (SSSR count). The fourth-order valence-electron chi connectivity index (χ4n) is 1.40. The monoisotopic (exact) mass is 235 g/mol. The first-order chi connectivity index (χ1) is 7.90. The van der Waals surface area contributed by atoms with Gasteiger partial charge in [0, 0.05) is 25.0 Å². The summed E-state index contributed by atoms with van der Waals surface area (Å²) < 4.78 is 0. The molecule has 94 valence electrons. The largest absolute Gasteiger partial charge is 0.393 e. The van der Waals surface area contributed by atoms with Crippen LogP contribution in [0.1, 0.15) is 38.3 Å². The Balaban J connectivity index is 2.99. The highest BCUT2D eigenvalue weighted by molar-refractivity contribution is 6.07. The number of nitrogens with zero attached hydrogens (tertiary/aromatic N) is 1. The summed E-state index contributed by atoms with van der Waals surface area (Å²) in [6.07, 6.45) is 4.72. The Hall–Kier alpha value is -1.62. The van der Waals surface area contributed by atoms with Crippen molar-refractivity contribution in [2.75, 3.05) is 7.05 Å². The van der Waals surface area contributed by atoms with Crippen molar-refractivity contribution in [2.45, 2.75) is 26.8 Å². The molecule has 0 saturated heterocycles. The lowest BCUT2D eigenvalue weighted by molar-refractivity contribution is 0.316. The summed E-state index contributed by atoms with van der Waals surface area (Å²) in [5, 5.41) is 10.2. The van der Waals surface area contributed by atoms with Gasteiger partial charge in [0.25, 0.3) is 0 Å². The Kier molecular flexibility index (Phi) is 4.07. The van der Waals surface area contributed by atoms with Gasteiger partial charge in [0.05, 0.1) is 17.9 Å². The summed E-state index contributed by atoms with van der Waals surface area (Å²) in [6, 6.07) is -0.155. The Morgan fingerprint density at radius 3 is 2.71 bits per heavy atom. The van der Waals surface area contributed by atoms with Gasteiger partial charge in [0.2, 0.25) is 0 Å². The van der Waals surface area contributed by atoms with E-state index in [0.29, 0.717) is 0 Å². The first-order valence-corrected chi connectivity index (χ1v) is 5.59. The van der Waals surface area contributed by atoms with Crippen molar-refractivity contribution in [1.29, 1.82) is 5.41 Å². The van der Waals surface area contributed by atoms with Crippen LogP contribution in [0.4, 0.5) is 0 Å². The van der Waals surface area contributed by atoms with Crippen LogP contribution in [-0.2, 0) is 0 Å². The molecular weight excluding hydrogens is 214 g/mol. The lowest BCUT2D eigenvalue weighted by Gasteiger charge is -2.24. The van der Waals surface area contributed by atoms with E-state index in [-0.39, 0.29) is 11.5 Å². The van der Waals surface area contributed by atoms with Crippen LogP contribution in [-0.4, -0.2) is 23.2 Å². The van der Waals surface area contributed by atoms with Crippen molar-refractivity contribution in [3.63, 3.8) is 0 Å². The van der Waals surface area contributed by atoms with Gasteiger partial charge in [-0.25, -0.2) is 4.98 Å². The summed E-state index contributed by atoms with van der Waals surface area (Å²) >= 11 is 0. The zero-order valence-electron chi connectivity index (χ0n) is 10.8. The van der Waals surface area contributed by atoms with E-state index in [9.17, 15) is 0 Å². The lowest BCUT2D eigenvalue weighted by Crippen LogP contribution is -2.27. The van der Waals surface area contributed by atoms with Gasteiger partial charge in [-0.05, 0) is 5.41 Å². The molecule has 5 N–H and O–H groups in total. The molecule has 1 heterocycles. The van der Waals surface area contributed by atoms with E-state index in [0.717, 1.165) is 17.1 Å². The molecule has 0 saturated carbocycles. The van der Waals surface area contributed by atoms with Crippen LogP contribution in [0.2, 0.25) is 0 Å². The van der Waals surface area contributed by atoms with E-state index < -0.39 is 0 Å². The molecule has 0 fully saturated rings. The molecular formula is C12H21N5. The number of aromatic nitrogens is 2. The maximum atomic E-state index is 7.33. The second kappa shape index (κ2) is 5.14. The van der Waals surface area contributed by atoms with Crippen molar-refractivity contribution >= 4 is 11.8 Å². The van der Waals surface area contributed by atoms with Crippen LogP contribution in [0.3, 0.4) is 0 Å². The average Bonchev–Trinajstić information content (AvgIpc) is 2.72. The molecule has 0 aromatic carbocycles. The number of nitrogens with two attached hydrogens (primary N) is 1. The van der Waals surface area contributed by atoms with Gasteiger partial charge in [-0.15, -0.1) is 0 Å². The highest BCUT2D eigenvalue weighted by Crippen LogP contribution is 2.28. The number of aromatic amines is 1. The normalized spacial score (nSPS) is 14.5. The van der Waals surface area contributed by atoms with Crippen molar-refractivity contribution in [1.82, 2.24) is 15.3 Å². The minimum absolute atomic E-state index is 0.0489. The van der Waals surface area contributed by atoms with Gasteiger partial charge in [0.15, 0.2) is 0 Å². The van der Waals surface area contributed by atoms with Crippen molar-refractivity contribution < 1.29 is 0 Å². The Bertz CT molecular complexity index is 411. The quantitative estimate of drug-likeness (QED) is 0.598. The van der Waals surface area contributed by atoms with Crippen molar-refractivity contribution in [2.24, 2.45) is 11.1 Å². The van der Waals surface area contributed by atoms with Gasteiger partial charge in [-0.2, -0.15) is 0 Å². The van der Waals surface area contributed by atoms with Crippen molar-refractivity contribution in [3.05, 3.63) is 23.9 Å². The highest BCUT2D eigenvalue weighted by atomic mass is 15.0. The third kappa shape index (κ3) is 3.17. The number of imidazole rings is 1. The predicted octanol–water partition coefficient (Wildman–Crippen LogP) is 1.67. The maximum Gasteiger partial charge on any atom is 0.124 e. The number of hydrogen-bond acceptors (Lipinski definition) is 4. The second-order valence-electron chi connectivity index (χ2n) is 5.06. The molecule has 1 aromatic heterocycles.